The molecule has 5 rings (SSSR count). The first-order valence-electron chi connectivity index (χ1n) is 22.9. The molecule has 0 bridgehead atoms. The van der Waals surface area contributed by atoms with Crippen molar-refractivity contribution in [3.63, 3.8) is 0 Å². The molecule has 2 N–H and O–H groups in total. The quantitative estimate of drug-likeness (QED) is 0.0632. The minimum atomic E-state index is -5.63. The first kappa shape index (κ1) is 56.9. The lowest BCUT2D eigenvalue weighted by atomic mass is 9.62. The first-order chi connectivity index (χ1) is 32.2. The molecular formula is C54H63F5N2O8P2-2. The highest BCUT2D eigenvalue weighted by atomic mass is 31.2. The molecule has 0 spiro atoms. The van der Waals surface area contributed by atoms with Crippen LogP contribution in [0.5, 0.6) is 0 Å². The predicted octanol–water partition coefficient (Wildman–Crippen LogP) is 13.2. The Hall–Kier alpha value is -5.01. The number of amides is 2. The summed E-state index contributed by atoms with van der Waals surface area (Å²) in [5.74, 6) is -6.45. The molecule has 71 heavy (non-hydrogen) atoms. The Morgan fingerprint density at radius 2 is 1.13 bits per heavy atom. The molecule has 1 unspecified atom stereocenters. The lowest BCUT2D eigenvalue weighted by molar-refractivity contribution is -0.308. The van der Waals surface area contributed by atoms with Gasteiger partial charge in [-0.05, 0) is 161 Å². The van der Waals surface area contributed by atoms with Gasteiger partial charge in [-0.1, -0.05) is 102 Å². The maximum atomic E-state index is 19.2. The molecule has 5 aromatic carbocycles. The van der Waals surface area contributed by atoms with Crippen LogP contribution in [0.4, 0.5) is 38.1 Å². The van der Waals surface area contributed by atoms with E-state index in [0.29, 0.717) is 5.69 Å². The summed E-state index contributed by atoms with van der Waals surface area (Å²) in [5, 5.41) is 4.72. The van der Waals surface area contributed by atoms with Gasteiger partial charge < -0.3 is 25.0 Å². The average molecular weight is 1030 g/mol. The van der Waals surface area contributed by atoms with Crippen molar-refractivity contribution in [1.29, 1.82) is 0 Å². The first-order valence-corrected chi connectivity index (χ1v) is 26.0. The SMILES string of the molecule is Cc1ccc(C)c(NC(=O)Nc2ccc(C(Cc3ccc(C(F)(F)P(=O)(OC(C)(C)C)OC(C)(C)C)cc3)(C(=O)c3ccc(F)cc3)C(F)(F)c3ccc(P(=O)([O-])[O-])c(C(C)(C)C)c3C(C)(C)C)cc2)c1. The summed E-state index contributed by atoms with van der Waals surface area (Å²) in [6, 6.07) is 19.2. The highest BCUT2D eigenvalue weighted by molar-refractivity contribution is 7.57. The monoisotopic (exact) mass is 1020 g/mol. The number of anilines is 2. The summed E-state index contributed by atoms with van der Waals surface area (Å²) in [4.78, 5) is 54.8. The smallest absolute Gasteiger partial charge is 0.405 e. The van der Waals surface area contributed by atoms with Gasteiger partial charge >= 0.3 is 19.3 Å². The van der Waals surface area contributed by atoms with Crippen molar-refractivity contribution in [2.45, 2.75) is 142 Å². The fraction of sp³-hybridized carbons (Fsp3) is 0.407. The lowest BCUT2D eigenvalue weighted by Crippen LogP contribution is -2.53. The summed E-state index contributed by atoms with van der Waals surface area (Å²) in [6.45, 7) is 21.6. The summed E-state index contributed by atoms with van der Waals surface area (Å²) in [7, 11) is -11.0. The van der Waals surface area contributed by atoms with E-state index in [-0.39, 0.29) is 33.5 Å². The molecule has 2 amide bonds. The van der Waals surface area contributed by atoms with E-state index in [0.717, 1.165) is 71.8 Å². The Kier molecular flexibility index (Phi) is 15.9. The summed E-state index contributed by atoms with van der Waals surface area (Å²) < 4.78 is 124. The van der Waals surface area contributed by atoms with E-state index in [1.54, 1.807) is 54.5 Å². The van der Waals surface area contributed by atoms with Gasteiger partial charge in [0.25, 0.3) is 5.92 Å². The number of halogens is 5. The van der Waals surface area contributed by atoms with Crippen molar-refractivity contribution < 1.29 is 59.5 Å². The van der Waals surface area contributed by atoms with Crippen molar-refractivity contribution >= 4 is 43.7 Å². The standard InChI is InChI=1S/C54H65F5N2O8P2/c1-33-15-16-34(2)42(31-33)61-47(63)60-40-27-23-37(24-28-40)52(46(62)36-19-25-39(55)26-20-36,53(56,57)41-29-30-43(70(64,65)66)45(49(6,7)8)44(41)48(3,4)5)32-35-17-21-38(22-18-35)54(58,59)71(67,68-50(9,10)11)69-51(12,13)14/h15-31H,32H2,1-14H3,(H2,60,61,63)(H2,64,65,66)/p-2. The normalized spacial score (nSPS) is 14.2. The van der Waals surface area contributed by atoms with Gasteiger partial charge in [0.1, 0.15) is 11.2 Å². The second-order valence-corrected chi connectivity index (χ2v) is 25.4. The van der Waals surface area contributed by atoms with E-state index in [1.807, 2.05) is 19.1 Å². The number of Topliss-reactive ketones (excluding diaryl/α,β-unsaturated/α-hetero) is 1. The molecule has 0 radical (unpaired) electrons. The van der Waals surface area contributed by atoms with E-state index >= 15 is 22.4 Å². The van der Waals surface area contributed by atoms with Gasteiger partial charge in [-0.15, -0.1) is 0 Å². The number of alkyl halides is 4. The number of aryl methyl sites for hydroxylation is 2. The van der Waals surface area contributed by atoms with Crippen molar-refractivity contribution in [2.24, 2.45) is 0 Å². The van der Waals surface area contributed by atoms with Gasteiger partial charge in [0.05, 0.1) is 11.2 Å². The maximum Gasteiger partial charge on any atom is 0.405 e. The number of ketones is 1. The Balaban J connectivity index is 1.85. The van der Waals surface area contributed by atoms with Crippen LogP contribution < -0.4 is 25.7 Å². The fourth-order valence-electron chi connectivity index (χ4n) is 8.58. The zero-order valence-electron chi connectivity index (χ0n) is 42.6. The summed E-state index contributed by atoms with van der Waals surface area (Å²) in [5.41, 5.74) is -13.4. The number of hydrogen-bond donors (Lipinski definition) is 2. The number of carbonyl (C=O) groups excluding carboxylic acids is 2. The van der Waals surface area contributed by atoms with Crippen molar-refractivity contribution in [2.75, 3.05) is 10.6 Å². The van der Waals surface area contributed by atoms with Crippen LogP contribution in [0, 0.1) is 19.7 Å². The third-order valence-corrected chi connectivity index (χ3v) is 15.0. The number of carbonyl (C=O) groups is 2. The Bertz CT molecular complexity index is 2860. The predicted molar refractivity (Wildman–Crippen MR) is 266 cm³/mol. The zero-order chi connectivity index (χ0) is 53.7. The molecule has 0 saturated heterocycles. The second kappa shape index (κ2) is 19.8. The summed E-state index contributed by atoms with van der Waals surface area (Å²) >= 11 is 0. The molecule has 0 fully saturated rings. The van der Waals surface area contributed by atoms with Crippen molar-refractivity contribution in [3.8, 4) is 0 Å². The molecule has 0 aliphatic carbocycles. The number of hydrogen-bond acceptors (Lipinski definition) is 8. The second-order valence-electron chi connectivity index (χ2n) is 22.0. The topological polar surface area (TPSA) is 157 Å². The van der Waals surface area contributed by atoms with Crippen LogP contribution in [-0.4, -0.2) is 23.0 Å². The lowest BCUT2D eigenvalue weighted by Gasteiger charge is -2.45. The van der Waals surface area contributed by atoms with E-state index in [4.69, 9.17) is 9.05 Å². The van der Waals surface area contributed by atoms with Crippen LogP contribution in [0.1, 0.15) is 138 Å². The Morgan fingerprint density at radius 1 is 0.620 bits per heavy atom. The minimum absolute atomic E-state index is 0.105. The molecule has 17 heteroatoms. The van der Waals surface area contributed by atoms with Gasteiger partial charge in [-0.25, -0.2) is 9.18 Å². The van der Waals surface area contributed by atoms with Gasteiger partial charge in [-0.3, -0.25) is 18.4 Å². The molecule has 10 nitrogen and oxygen atoms in total. The van der Waals surface area contributed by atoms with Gasteiger partial charge in [-0.2, -0.15) is 17.6 Å². The minimum Gasteiger partial charge on any atom is -0.807 e. The molecule has 384 valence electrons. The highest BCUT2D eigenvalue weighted by Crippen LogP contribution is 2.70. The van der Waals surface area contributed by atoms with Crippen LogP contribution in [0.25, 0.3) is 0 Å². The van der Waals surface area contributed by atoms with Crippen LogP contribution in [0.15, 0.2) is 103 Å². The third-order valence-electron chi connectivity index (χ3n) is 11.5. The van der Waals surface area contributed by atoms with Crippen LogP contribution in [-0.2, 0) is 52.4 Å². The molecule has 0 heterocycles. The van der Waals surface area contributed by atoms with Crippen LogP contribution >= 0.6 is 15.2 Å². The zero-order valence-corrected chi connectivity index (χ0v) is 44.4. The largest absolute Gasteiger partial charge is 0.807 e. The van der Waals surface area contributed by atoms with Crippen LogP contribution in [0.3, 0.4) is 0 Å². The van der Waals surface area contributed by atoms with Gasteiger partial charge in [0.15, 0.2) is 5.78 Å². The number of urea groups is 1. The number of rotatable bonds is 14. The maximum absolute atomic E-state index is 19.2. The van der Waals surface area contributed by atoms with E-state index in [1.165, 1.54) is 65.8 Å². The molecule has 0 aromatic heterocycles. The Labute approximate surface area is 413 Å². The van der Waals surface area contributed by atoms with Crippen LogP contribution in [0.2, 0.25) is 0 Å². The number of benzene rings is 5. The van der Waals surface area contributed by atoms with Crippen molar-refractivity contribution in [3.05, 3.63) is 159 Å². The van der Waals surface area contributed by atoms with E-state index in [2.05, 4.69) is 10.6 Å². The highest BCUT2D eigenvalue weighted by Gasteiger charge is 2.63. The molecule has 0 aliphatic heterocycles. The van der Waals surface area contributed by atoms with Gasteiger partial charge in [0.2, 0.25) is 0 Å². The average Bonchev–Trinajstić information content (AvgIpc) is 3.21. The van der Waals surface area contributed by atoms with Gasteiger partial charge in [0, 0.05) is 28.1 Å². The molecular weight excluding hydrogens is 962 g/mol. The van der Waals surface area contributed by atoms with E-state index in [9.17, 15) is 28.1 Å². The molecule has 0 saturated carbocycles. The fourth-order valence-corrected chi connectivity index (χ4v) is 11.7. The molecule has 0 aliphatic rings. The third kappa shape index (κ3) is 12.4. The van der Waals surface area contributed by atoms with E-state index < -0.39 is 94.7 Å². The Morgan fingerprint density at radius 3 is 1.61 bits per heavy atom. The molecule has 5 aromatic rings. The summed E-state index contributed by atoms with van der Waals surface area (Å²) in [6.07, 6.45) is -0.950. The molecule has 1 atom stereocenters. The number of nitrogens with one attached hydrogen (secondary N) is 2. The van der Waals surface area contributed by atoms with Crippen molar-refractivity contribution in [1.82, 2.24) is 0 Å².